The second-order valence-electron chi connectivity index (χ2n) is 9.97. The highest BCUT2D eigenvalue weighted by Gasteiger charge is 2.31. The van der Waals surface area contributed by atoms with Gasteiger partial charge in [0.1, 0.15) is 6.10 Å². The third-order valence-corrected chi connectivity index (χ3v) is 7.54. The van der Waals surface area contributed by atoms with Crippen LogP contribution in [0.15, 0.2) is 65.2 Å². The number of hydrogen-bond acceptors (Lipinski definition) is 5. The summed E-state index contributed by atoms with van der Waals surface area (Å²) in [6, 6.07) is 11.5. The Labute approximate surface area is 223 Å². The Kier molecular flexibility index (Phi) is 6.68. The monoisotopic (exact) mass is 531 g/mol. The molecule has 2 aliphatic rings. The molecule has 1 aliphatic heterocycles. The minimum absolute atomic E-state index is 0.0457. The molecule has 10 heteroatoms. The summed E-state index contributed by atoms with van der Waals surface area (Å²) in [6.07, 6.45) is 6.75. The highest BCUT2D eigenvalue weighted by atomic mass is 19.2. The average Bonchev–Trinajstić information content (AvgIpc) is 3.19. The van der Waals surface area contributed by atoms with Crippen molar-refractivity contribution in [2.75, 3.05) is 13.1 Å². The highest BCUT2D eigenvalue weighted by Crippen LogP contribution is 2.34. The molecule has 200 valence electrons. The van der Waals surface area contributed by atoms with Crippen LogP contribution in [-0.2, 0) is 11.2 Å². The number of carbonyl (C=O) groups is 1. The number of fused-ring (bicyclic) bond motifs is 2. The van der Waals surface area contributed by atoms with Gasteiger partial charge in [0.25, 0.3) is 0 Å². The average molecular weight is 532 g/mol. The molecule has 1 atom stereocenters. The Hall–Kier alpha value is -4.34. The van der Waals surface area contributed by atoms with Crippen molar-refractivity contribution in [2.45, 2.75) is 44.2 Å². The molecule has 39 heavy (non-hydrogen) atoms. The fourth-order valence-electron chi connectivity index (χ4n) is 5.59. The van der Waals surface area contributed by atoms with E-state index in [1.54, 1.807) is 40.1 Å². The summed E-state index contributed by atoms with van der Waals surface area (Å²) in [5.41, 5.74) is 3.78. The topological polar surface area (TPSA) is 93.1 Å². The van der Waals surface area contributed by atoms with Crippen molar-refractivity contribution >= 4 is 23.3 Å². The van der Waals surface area contributed by atoms with Crippen molar-refractivity contribution < 1.29 is 18.3 Å². The zero-order valence-corrected chi connectivity index (χ0v) is 21.1. The number of ether oxygens (including phenoxy) is 1. The molecule has 0 spiro atoms. The Morgan fingerprint density at radius 3 is 2.67 bits per heavy atom. The number of nitrogens with one attached hydrogen (secondary N) is 1. The molecule has 3 aromatic heterocycles. The number of carbonyl (C=O) groups excluding carboxylic acids is 1. The van der Waals surface area contributed by atoms with Gasteiger partial charge in [0, 0.05) is 37.1 Å². The van der Waals surface area contributed by atoms with Gasteiger partial charge in [-0.15, -0.1) is 0 Å². The van der Waals surface area contributed by atoms with Gasteiger partial charge in [0.2, 0.25) is 0 Å². The molecule has 0 saturated carbocycles. The van der Waals surface area contributed by atoms with Gasteiger partial charge in [-0.05, 0) is 61.9 Å². The lowest BCUT2D eigenvalue weighted by molar-refractivity contribution is 0.0483. The predicted molar refractivity (Wildman–Crippen MR) is 141 cm³/mol. The predicted octanol–water partition coefficient (Wildman–Crippen LogP) is 5.33. The van der Waals surface area contributed by atoms with E-state index in [-0.39, 0.29) is 17.3 Å². The van der Waals surface area contributed by atoms with E-state index >= 15 is 0 Å². The zero-order chi connectivity index (χ0) is 26.9. The number of hydrogen-bond donors (Lipinski definition) is 1. The van der Waals surface area contributed by atoms with Gasteiger partial charge < -0.3 is 9.64 Å². The number of rotatable bonds is 3. The van der Waals surface area contributed by atoms with Crippen LogP contribution in [0.3, 0.4) is 0 Å². The minimum atomic E-state index is -0.887. The van der Waals surface area contributed by atoms with E-state index in [1.807, 2.05) is 18.2 Å². The lowest BCUT2D eigenvalue weighted by Gasteiger charge is -2.32. The first-order valence-electron chi connectivity index (χ1n) is 13.1. The van der Waals surface area contributed by atoms with Gasteiger partial charge in [-0.25, -0.2) is 23.4 Å². The summed E-state index contributed by atoms with van der Waals surface area (Å²) in [5.74, 6) is -1.76. The Balaban J connectivity index is 1.15. The maximum atomic E-state index is 14.3. The van der Waals surface area contributed by atoms with Gasteiger partial charge in [-0.2, -0.15) is 0 Å². The number of pyridine rings is 2. The number of amides is 1. The maximum absolute atomic E-state index is 14.3. The molecule has 1 aliphatic carbocycles. The molecule has 1 amide bonds. The van der Waals surface area contributed by atoms with Crippen LogP contribution < -0.4 is 5.69 Å². The number of likely N-dealkylation sites (tertiary alicyclic amines) is 1. The quantitative estimate of drug-likeness (QED) is 0.361. The summed E-state index contributed by atoms with van der Waals surface area (Å²) in [6.45, 7) is 0.906. The first kappa shape index (κ1) is 25.0. The molecular formula is C29H27F2N5O3. The number of imidazole rings is 1. The third-order valence-electron chi connectivity index (χ3n) is 7.54. The second-order valence-corrected chi connectivity index (χ2v) is 9.97. The van der Waals surface area contributed by atoms with E-state index in [2.05, 4.69) is 15.0 Å². The van der Waals surface area contributed by atoms with Crippen molar-refractivity contribution in [2.24, 2.45) is 0 Å². The van der Waals surface area contributed by atoms with Crippen molar-refractivity contribution in [3.63, 3.8) is 0 Å². The zero-order valence-electron chi connectivity index (χ0n) is 21.1. The molecule has 0 radical (unpaired) electrons. The molecular weight excluding hydrogens is 504 g/mol. The number of nitrogens with zero attached hydrogens (tertiary/aromatic N) is 4. The van der Waals surface area contributed by atoms with Gasteiger partial charge in [-0.3, -0.25) is 14.5 Å². The summed E-state index contributed by atoms with van der Waals surface area (Å²) in [4.78, 5) is 38.9. The van der Waals surface area contributed by atoms with E-state index in [0.717, 1.165) is 22.7 Å². The molecule has 8 nitrogen and oxygen atoms in total. The van der Waals surface area contributed by atoms with Gasteiger partial charge in [-0.1, -0.05) is 29.8 Å². The van der Waals surface area contributed by atoms with Crippen LogP contribution in [0.2, 0.25) is 0 Å². The van der Waals surface area contributed by atoms with Crippen molar-refractivity contribution in [3.8, 4) is 0 Å². The molecule has 1 N–H and O–H groups in total. The van der Waals surface area contributed by atoms with E-state index in [0.29, 0.717) is 56.5 Å². The van der Waals surface area contributed by atoms with Gasteiger partial charge in [0.05, 0.1) is 11.2 Å². The summed E-state index contributed by atoms with van der Waals surface area (Å²) in [7, 11) is 0. The lowest BCUT2D eigenvalue weighted by atomic mass is 10.0. The van der Waals surface area contributed by atoms with E-state index in [4.69, 9.17) is 4.74 Å². The smallest absolute Gasteiger partial charge is 0.410 e. The summed E-state index contributed by atoms with van der Waals surface area (Å²) in [5, 5.41) is 0. The van der Waals surface area contributed by atoms with Crippen LogP contribution in [0.5, 0.6) is 0 Å². The number of halogens is 2. The van der Waals surface area contributed by atoms with Crippen LogP contribution in [0.4, 0.5) is 13.6 Å². The first-order chi connectivity index (χ1) is 19.0. The number of allylic oxidation sites excluding steroid dienone is 1. The molecule has 4 heterocycles. The summed E-state index contributed by atoms with van der Waals surface area (Å²) >= 11 is 0. The number of aromatic amines is 1. The molecule has 0 bridgehead atoms. The SMILES string of the molecule is O=C(O[C@@H]1CC/C(=C/c2cccc(F)c2F)Cc2cccnc21)N1CCC(n2c(=O)[nH]c3ncccc32)CC1. The Morgan fingerprint density at radius 2 is 1.82 bits per heavy atom. The lowest BCUT2D eigenvalue weighted by Crippen LogP contribution is -2.41. The van der Waals surface area contributed by atoms with Crippen molar-refractivity contribution in [1.82, 2.24) is 24.4 Å². The van der Waals surface area contributed by atoms with E-state index < -0.39 is 23.8 Å². The molecule has 1 fully saturated rings. The number of aromatic nitrogens is 4. The Bertz CT molecular complexity index is 1620. The van der Waals surface area contributed by atoms with Crippen LogP contribution in [0, 0.1) is 11.6 Å². The highest BCUT2D eigenvalue weighted by molar-refractivity contribution is 5.70. The van der Waals surface area contributed by atoms with Gasteiger partial charge in [0.15, 0.2) is 17.3 Å². The molecule has 1 saturated heterocycles. The van der Waals surface area contributed by atoms with E-state index in [1.165, 1.54) is 6.07 Å². The van der Waals surface area contributed by atoms with Crippen LogP contribution in [0.25, 0.3) is 17.2 Å². The number of H-pyrrole nitrogens is 1. The number of piperidine rings is 1. The fraction of sp³-hybridized carbons (Fsp3) is 0.310. The van der Waals surface area contributed by atoms with Crippen LogP contribution in [-0.4, -0.2) is 43.6 Å². The fourth-order valence-corrected chi connectivity index (χ4v) is 5.59. The first-order valence-corrected chi connectivity index (χ1v) is 13.1. The number of benzene rings is 1. The largest absolute Gasteiger partial charge is 0.440 e. The Morgan fingerprint density at radius 1 is 1.03 bits per heavy atom. The third kappa shape index (κ3) is 4.94. The maximum Gasteiger partial charge on any atom is 0.410 e. The van der Waals surface area contributed by atoms with Crippen molar-refractivity contribution in [1.29, 1.82) is 0 Å². The van der Waals surface area contributed by atoms with Gasteiger partial charge >= 0.3 is 11.8 Å². The molecule has 0 unspecified atom stereocenters. The van der Waals surface area contributed by atoms with E-state index in [9.17, 15) is 18.4 Å². The molecule has 1 aromatic carbocycles. The summed E-state index contributed by atoms with van der Waals surface area (Å²) < 4.78 is 35.7. The standard InChI is InChI=1S/C29H27F2N5O3/c30-22-6-1-4-19(25(22)31)16-18-8-9-24(26-20(17-18)5-2-12-32-26)39-29(38)35-14-10-21(11-15-35)36-23-7-3-13-33-27(23)34-28(36)37/h1-7,12-13,16,21,24H,8-11,14-15,17H2,(H,33,34,37)/b18-16-/t24-/m1/s1. The molecule has 4 aromatic rings. The normalized spacial score (nSPS) is 19.2. The minimum Gasteiger partial charge on any atom is -0.440 e. The van der Waals surface area contributed by atoms with Crippen molar-refractivity contribution in [3.05, 3.63) is 99.4 Å². The molecule has 6 rings (SSSR count). The van der Waals surface area contributed by atoms with Crippen LogP contribution in [0.1, 0.15) is 54.6 Å². The second kappa shape index (κ2) is 10.4. The van der Waals surface area contributed by atoms with Crippen LogP contribution >= 0.6 is 0 Å².